The number of aliphatic carboxylic acids is 1. The molecule has 0 rings (SSSR count). The van der Waals surface area contributed by atoms with E-state index in [1.807, 2.05) is 0 Å². The molecule has 0 fully saturated rings. The number of nitrogens with two attached hydrogens (primary N) is 1. The van der Waals surface area contributed by atoms with Crippen molar-refractivity contribution in [3.63, 3.8) is 0 Å². The van der Waals surface area contributed by atoms with E-state index in [-0.39, 0.29) is 12.8 Å². The molecule has 5 nitrogen and oxygen atoms in total. The van der Waals surface area contributed by atoms with Gasteiger partial charge < -0.3 is 16.2 Å². The van der Waals surface area contributed by atoms with Gasteiger partial charge in [-0.05, 0) is 6.42 Å². The second-order valence-electron chi connectivity index (χ2n) is 1.82. The first-order chi connectivity index (χ1) is 4.66. The topological polar surface area (TPSA) is 92.4 Å². The second kappa shape index (κ2) is 4.75. The summed E-state index contributed by atoms with van der Waals surface area (Å²) in [6, 6.07) is 0. The number of amides is 1. The average molecular weight is 146 g/mol. The van der Waals surface area contributed by atoms with Crippen molar-refractivity contribution in [1.29, 1.82) is 0 Å². The van der Waals surface area contributed by atoms with E-state index in [0.29, 0.717) is 6.41 Å². The summed E-state index contributed by atoms with van der Waals surface area (Å²) in [5, 5.41) is 10.4. The van der Waals surface area contributed by atoms with Gasteiger partial charge in [-0.2, -0.15) is 0 Å². The molecule has 0 aromatic heterocycles. The molecule has 0 aromatic rings. The maximum Gasteiger partial charge on any atom is 0.303 e. The summed E-state index contributed by atoms with van der Waals surface area (Å²) in [6.07, 6.45) is 0.136. The lowest BCUT2D eigenvalue weighted by Gasteiger charge is -2.06. The molecular formula is C5H10N2O3. The Morgan fingerprint density at radius 1 is 1.80 bits per heavy atom. The molecule has 0 saturated heterocycles. The first kappa shape index (κ1) is 8.90. The van der Waals surface area contributed by atoms with Gasteiger partial charge in [0.05, 0.1) is 6.17 Å². The molecule has 0 radical (unpaired) electrons. The number of nitrogens with one attached hydrogen (secondary N) is 1. The zero-order chi connectivity index (χ0) is 7.98. The van der Waals surface area contributed by atoms with Crippen LogP contribution in [0.2, 0.25) is 0 Å². The Balaban J connectivity index is 3.29. The Morgan fingerprint density at radius 2 is 2.40 bits per heavy atom. The fraction of sp³-hybridized carbons (Fsp3) is 0.600. The third-order valence-corrected chi connectivity index (χ3v) is 0.951. The molecule has 0 aliphatic heterocycles. The predicted molar refractivity (Wildman–Crippen MR) is 34.0 cm³/mol. The summed E-state index contributed by atoms with van der Waals surface area (Å²) < 4.78 is 0. The van der Waals surface area contributed by atoms with Crippen LogP contribution in [-0.4, -0.2) is 23.7 Å². The first-order valence-electron chi connectivity index (χ1n) is 2.84. The van der Waals surface area contributed by atoms with Crippen molar-refractivity contribution >= 4 is 12.4 Å². The molecule has 0 aliphatic carbocycles. The van der Waals surface area contributed by atoms with Crippen LogP contribution in [0.4, 0.5) is 0 Å². The molecule has 58 valence electrons. The lowest BCUT2D eigenvalue weighted by molar-refractivity contribution is -0.137. The van der Waals surface area contributed by atoms with Crippen molar-refractivity contribution in [2.45, 2.75) is 19.0 Å². The zero-order valence-electron chi connectivity index (χ0n) is 5.41. The zero-order valence-corrected chi connectivity index (χ0v) is 5.41. The minimum atomic E-state index is -0.914. The van der Waals surface area contributed by atoms with Gasteiger partial charge >= 0.3 is 5.97 Å². The molecule has 0 aliphatic rings. The van der Waals surface area contributed by atoms with Crippen LogP contribution in [-0.2, 0) is 9.59 Å². The van der Waals surface area contributed by atoms with Gasteiger partial charge in [-0.25, -0.2) is 0 Å². The molecule has 0 heterocycles. The summed E-state index contributed by atoms with van der Waals surface area (Å²) in [6.45, 7) is 0. The van der Waals surface area contributed by atoms with Crippen molar-refractivity contribution in [3.8, 4) is 0 Å². The number of hydrogen-bond donors (Lipinski definition) is 3. The number of rotatable bonds is 5. The van der Waals surface area contributed by atoms with E-state index in [1.165, 1.54) is 0 Å². The quantitative estimate of drug-likeness (QED) is 0.338. The van der Waals surface area contributed by atoms with Crippen molar-refractivity contribution in [2.75, 3.05) is 0 Å². The Morgan fingerprint density at radius 3 is 2.80 bits per heavy atom. The van der Waals surface area contributed by atoms with Crippen LogP contribution in [0.3, 0.4) is 0 Å². The highest BCUT2D eigenvalue weighted by atomic mass is 16.4. The molecule has 0 spiro atoms. The Hall–Kier alpha value is -1.10. The molecule has 4 N–H and O–H groups in total. The summed E-state index contributed by atoms with van der Waals surface area (Å²) >= 11 is 0. The molecular weight excluding hydrogens is 136 g/mol. The minimum absolute atomic E-state index is 0.0258. The largest absolute Gasteiger partial charge is 0.481 e. The fourth-order valence-corrected chi connectivity index (χ4v) is 0.450. The third-order valence-electron chi connectivity index (χ3n) is 0.951. The molecule has 10 heavy (non-hydrogen) atoms. The van der Waals surface area contributed by atoms with Gasteiger partial charge in [0.15, 0.2) is 0 Å². The van der Waals surface area contributed by atoms with Crippen LogP contribution in [0.1, 0.15) is 12.8 Å². The van der Waals surface area contributed by atoms with E-state index in [2.05, 4.69) is 5.32 Å². The van der Waals surface area contributed by atoms with Gasteiger partial charge in [-0.15, -0.1) is 0 Å². The average Bonchev–Trinajstić information content (AvgIpc) is 1.85. The van der Waals surface area contributed by atoms with Crippen molar-refractivity contribution < 1.29 is 14.7 Å². The first-order valence-corrected chi connectivity index (χ1v) is 2.84. The molecule has 1 atom stereocenters. The van der Waals surface area contributed by atoms with Crippen molar-refractivity contribution in [2.24, 2.45) is 5.73 Å². The molecule has 5 heteroatoms. The summed E-state index contributed by atoms with van der Waals surface area (Å²) in [7, 11) is 0. The van der Waals surface area contributed by atoms with E-state index in [9.17, 15) is 9.59 Å². The van der Waals surface area contributed by atoms with Gasteiger partial charge in [0.2, 0.25) is 6.41 Å². The number of carbonyl (C=O) groups is 2. The highest BCUT2D eigenvalue weighted by Gasteiger charge is 2.02. The van der Waals surface area contributed by atoms with Crippen molar-refractivity contribution in [1.82, 2.24) is 5.32 Å². The van der Waals surface area contributed by atoms with Crippen LogP contribution in [0.5, 0.6) is 0 Å². The highest BCUT2D eigenvalue weighted by Crippen LogP contribution is 1.89. The van der Waals surface area contributed by atoms with Crippen LogP contribution in [0, 0.1) is 0 Å². The Labute approximate surface area is 58.2 Å². The summed E-state index contributed by atoms with van der Waals surface area (Å²) in [5.41, 5.74) is 5.23. The van der Waals surface area contributed by atoms with Crippen LogP contribution < -0.4 is 11.1 Å². The predicted octanol–water partition coefficient (Wildman–Crippen LogP) is -1.12. The number of hydrogen-bond acceptors (Lipinski definition) is 3. The highest BCUT2D eigenvalue weighted by molar-refractivity contribution is 5.66. The van der Waals surface area contributed by atoms with Crippen LogP contribution in [0.15, 0.2) is 0 Å². The van der Waals surface area contributed by atoms with Crippen LogP contribution in [0.25, 0.3) is 0 Å². The summed E-state index contributed by atoms with van der Waals surface area (Å²) in [4.78, 5) is 19.7. The summed E-state index contributed by atoms with van der Waals surface area (Å²) in [5.74, 6) is -0.914. The fourth-order valence-electron chi connectivity index (χ4n) is 0.450. The lowest BCUT2D eigenvalue weighted by atomic mass is 10.3. The van der Waals surface area contributed by atoms with E-state index in [0.717, 1.165) is 0 Å². The normalized spacial score (nSPS) is 12.1. The van der Waals surface area contributed by atoms with Gasteiger partial charge in [0, 0.05) is 6.42 Å². The van der Waals surface area contributed by atoms with Crippen molar-refractivity contribution in [3.05, 3.63) is 0 Å². The number of carbonyl (C=O) groups excluding carboxylic acids is 1. The van der Waals surface area contributed by atoms with E-state index in [4.69, 9.17) is 10.8 Å². The van der Waals surface area contributed by atoms with Gasteiger partial charge in [0.25, 0.3) is 0 Å². The standard InChI is InChI=1S/C5H10N2O3/c6-4(7-3-8)1-2-5(9)10/h3-4H,1-2,6H2,(H,7,8)(H,9,10). The molecule has 1 amide bonds. The maximum atomic E-state index is 9.94. The SMILES string of the molecule is NC(CCC(=O)O)NC=O. The Kier molecular flexibility index (Phi) is 4.23. The smallest absolute Gasteiger partial charge is 0.303 e. The van der Waals surface area contributed by atoms with E-state index in [1.54, 1.807) is 0 Å². The van der Waals surface area contributed by atoms with E-state index >= 15 is 0 Å². The monoisotopic (exact) mass is 146 g/mol. The number of carboxylic acids is 1. The lowest BCUT2D eigenvalue weighted by Crippen LogP contribution is -2.36. The van der Waals surface area contributed by atoms with Gasteiger partial charge in [0.1, 0.15) is 0 Å². The number of carboxylic acid groups (broad SMARTS) is 1. The molecule has 0 saturated carbocycles. The van der Waals surface area contributed by atoms with E-state index < -0.39 is 12.1 Å². The molecule has 1 unspecified atom stereocenters. The van der Waals surface area contributed by atoms with Gasteiger partial charge in [-0.3, -0.25) is 9.59 Å². The third kappa shape index (κ3) is 5.04. The Bertz CT molecular complexity index is 126. The molecule has 0 bridgehead atoms. The maximum absolute atomic E-state index is 9.94. The molecule has 0 aromatic carbocycles. The van der Waals surface area contributed by atoms with Crippen LogP contribution >= 0.6 is 0 Å². The van der Waals surface area contributed by atoms with Gasteiger partial charge in [-0.1, -0.05) is 0 Å². The minimum Gasteiger partial charge on any atom is -0.481 e. The second-order valence-corrected chi connectivity index (χ2v) is 1.82.